The highest BCUT2D eigenvalue weighted by atomic mass is 32.1. The fraction of sp³-hybridized carbons (Fsp3) is 0.364. The van der Waals surface area contributed by atoms with Crippen molar-refractivity contribution in [3.63, 3.8) is 0 Å². The van der Waals surface area contributed by atoms with Gasteiger partial charge in [-0.15, -0.1) is 5.10 Å². The maximum Gasteiger partial charge on any atom is 0.220 e. The minimum absolute atomic E-state index is 0.0533. The highest BCUT2D eigenvalue weighted by Crippen LogP contribution is 2.10. The van der Waals surface area contributed by atoms with Crippen LogP contribution in [0.1, 0.15) is 25.5 Å². The lowest BCUT2D eigenvalue weighted by Crippen LogP contribution is -2.22. The molecule has 1 amide bonds. The topological polar surface area (TPSA) is 59.8 Å². The highest BCUT2D eigenvalue weighted by Gasteiger charge is 2.04. The second-order valence-corrected chi connectivity index (χ2v) is 4.44. The molecule has 0 spiro atoms. The van der Waals surface area contributed by atoms with Gasteiger partial charge in [-0.2, -0.15) is 11.3 Å². The average molecular weight is 250 g/mol. The quantitative estimate of drug-likeness (QED) is 0.879. The molecule has 1 N–H and O–H groups in total. The van der Waals surface area contributed by atoms with E-state index < -0.39 is 0 Å². The van der Waals surface area contributed by atoms with Gasteiger partial charge in [0.2, 0.25) is 5.91 Å². The van der Waals surface area contributed by atoms with Gasteiger partial charge in [0, 0.05) is 11.8 Å². The smallest absolute Gasteiger partial charge is 0.220 e. The van der Waals surface area contributed by atoms with Crippen molar-refractivity contribution in [3.05, 3.63) is 28.7 Å². The van der Waals surface area contributed by atoms with Crippen molar-refractivity contribution in [2.75, 3.05) is 0 Å². The number of aromatic nitrogens is 3. The predicted molar refractivity (Wildman–Crippen MR) is 66.0 cm³/mol. The van der Waals surface area contributed by atoms with Gasteiger partial charge < -0.3 is 5.32 Å². The summed E-state index contributed by atoms with van der Waals surface area (Å²) in [6, 6.07) is 1.97. The summed E-state index contributed by atoms with van der Waals surface area (Å²) < 4.78 is 1.71. The second-order valence-electron chi connectivity index (χ2n) is 3.66. The van der Waals surface area contributed by atoms with E-state index in [-0.39, 0.29) is 5.91 Å². The number of carbonyl (C=O) groups is 1. The Balaban J connectivity index is 1.93. The van der Waals surface area contributed by atoms with Crippen LogP contribution in [0.25, 0.3) is 5.69 Å². The minimum Gasteiger partial charge on any atom is -0.350 e. The first-order valence-electron chi connectivity index (χ1n) is 5.50. The normalized spacial score (nSPS) is 10.4. The Kier molecular flexibility index (Phi) is 3.87. The van der Waals surface area contributed by atoms with E-state index in [1.165, 1.54) is 0 Å². The zero-order valence-corrected chi connectivity index (χ0v) is 10.4. The van der Waals surface area contributed by atoms with Crippen LogP contribution in [0.5, 0.6) is 0 Å². The van der Waals surface area contributed by atoms with Crippen molar-refractivity contribution in [1.29, 1.82) is 0 Å². The lowest BCUT2D eigenvalue weighted by Gasteiger charge is -1.99. The third-order valence-corrected chi connectivity index (χ3v) is 2.93. The van der Waals surface area contributed by atoms with Gasteiger partial charge in [0.05, 0.1) is 18.4 Å². The third kappa shape index (κ3) is 3.13. The summed E-state index contributed by atoms with van der Waals surface area (Å²) >= 11 is 1.61. The molecule has 2 heterocycles. The molecular weight excluding hydrogens is 236 g/mol. The van der Waals surface area contributed by atoms with E-state index in [1.54, 1.807) is 16.0 Å². The molecule has 6 heteroatoms. The SMILES string of the molecule is CCCC(=O)NCc1cn(-c2ccsc2)nn1. The van der Waals surface area contributed by atoms with Crippen LogP contribution in [0.15, 0.2) is 23.0 Å². The number of carbonyl (C=O) groups excluding carboxylic acids is 1. The van der Waals surface area contributed by atoms with Crippen LogP contribution in [0, 0.1) is 0 Å². The van der Waals surface area contributed by atoms with Crippen molar-refractivity contribution in [2.24, 2.45) is 0 Å². The molecule has 2 aromatic heterocycles. The molecule has 0 aliphatic carbocycles. The monoisotopic (exact) mass is 250 g/mol. The summed E-state index contributed by atoms with van der Waals surface area (Å²) in [5, 5.41) is 14.8. The summed E-state index contributed by atoms with van der Waals surface area (Å²) in [5.41, 5.74) is 1.76. The Morgan fingerprint density at radius 3 is 3.18 bits per heavy atom. The number of nitrogens with one attached hydrogen (secondary N) is 1. The van der Waals surface area contributed by atoms with Crippen LogP contribution in [0.3, 0.4) is 0 Å². The molecule has 2 rings (SSSR count). The molecule has 0 aliphatic rings. The Morgan fingerprint density at radius 1 is 1.59 bits per heavy atom. The zero-order valence-electron chi connectivity index (χ0n) is 9.59. The highest BCUT2D eigenvalue weighted by molar-refractivity contribution is 7.08. The second kappa shape index (κ2) is 5.58. The molecule has 90 valence electrons. The van der Waals surface area contributed by atoms with Gasteiger partial charge in [0.25, 0.3) is 0 Å². The average Bonchev–Trinajstić information content (AvgIpc) is 2.97. The summed E-state index contributed by atoms with van der Waals surface area (Å²) in [6.45, 7) is 2.41. The molecule has 0 atom stereocenters. The fourth-order valence-electron chi connectivity index (χ4n) is 1.40. The molecule has 2 aromatic rings. The van der Waals surface area contributed by atoms with Crippen LogP contribution < -0.4 is 5.32 Å². The van der Waals surface area contributed by atoms with Gasteiger partial charge in [0.1, 0.15) is 5.69 Å². The van der Waals surface area contributed by atoms with E-state index in [2.05, 4.69) is 15.6 Å². The number of thiophene rings is 1. The third-order valence-electron chi connectivity index (χ3n) is 2.26. The van der Waals surface area contributed by atoms with E-state index in [0.717, 1.165) is 17.8 Å². The van der Waals surface area contributed by atoms with Gasteiger partial charge in [0.15, 0.2) is 0 Å². The molecule has 0 saturated heterocycles. The van der Waals surface area contributed by atoms with Gasteiger partial charge in [-0.3, -0.25) is 4.79 Å². The van der Waals surface area contributed by atoms with E-state index in [4.69, 9.17) is 0 Å². The van der Waals surface area contributed by atoms with E-state index >= 15 is 0 Å². The van der Waals surface area contributed by atoms with Crippen molar-refractivity contribution in [2.45, 2.75) is 26.3 Å². The summed E-state index contributed by atoms with van der Waals surface area (Å²) in [5.74, 6) is 0.0533. The van der Waals surface area contributed by atoms with E-state index in [1.807, 2.05) is 29.9 Å². The Bertz CT molecular complexity index is 477. The first kappa shape index (κ1) is 11.8. The predicted octanol–water partition coefficient (Wildman–Crippen LogP) is 1.75. The Hall–Kier alpha value is -1.69. The van der Waals surface area contributed by atoms with Gasteiger partial charge in [-0.1, -0.05) is 12.1 Å². The van der Waals surface area contributed by atoms with Crippen LogP contribution >= 0.6 is 11.3 Å². The number of rotatable bonds is 5. The largest absolute Gasteiger partial charge is 0.350 e. The Morgan fingerprint density at radius 2 is 2.47 bits per heavy atom. The molecule has 0 unspecified atom stereocenters. The summed E-state index contributed by atoms with van der Waals surface area (Å²) in [7, 11) is 0. The lowest BCUT2D eigenvalue weighted by atomic mass is 10.3. The van der Waals surface area contributed by atoms with Crippen molar-refractivity contribution in [1.82, 2.24) is 20.3 Å². The molecule has 5 nitrogen and oxygen atoms in total. The number of amides is 1. The first-order valence-corrected chi connectivity index (χ1v) is 6.44. The van der Waals surface area contributed by atoms with Gasteiger partial charge in [-0.05, 0) is 17.9 Å². The molecule has 0 bridgehead atoms. The van der Waals surface area contributed by atoms with Crippen LogP contribution in [-0.4, -0.2) is 20.9 Å². The van der Waals surface area contributed by atoms with Crippen molar-refractivity contribution < 1.29 is 4.79 Å². The molecule has 0 aromatic carbocycles. The number of hydrogen-bond donors (Lipinski definition) is 1. The minimum atomic E-state index is 0.0533. The van der Waals surface area contributed by atoms with Gasteiger partial charge >= 0.3 is 0 Å². The van der Waals surface area contributed by atoms with Gasteiger partial charge in [-0.25, -0.2) is 4.68 Å². The Labute approximate surface area is 103 Å². The van der Waals surface area contributed by atoms with Crippen LogP contribution in [-0.2, 0) is 11.3 Å². The van der Waals surface area contributed by atoms with Crippen LogP contribution in [0.4, 0.5) is 0 Å². The maximum atomic E-state index is 11.3. The number of nitrogens with zero attached hydrogens (tertiary/aromatic N) is 3. The number of hydrogen-bond acceptors (Lipinski definition) is 4. The molecule has 17 heavy (non-hydrogen) atoms. The molecular formula is C11H14N4OS. The summed E-state index contributed by atoms with van der Waals surface area (Å²) in [6.07, 6.45) is 3.24. The maximum absolute atomic E-state index is 11.3. The lowest BCUT2D eigenvalue weighted by molar-refractivity contribution is -0.121. The van der Waals surface area contributed by atoms with E-state index in [9.17, 15) is 4.79 Å². The molecule has 0 radical (unpaired) electrons. The first-order chi connectivity index (χ1) is 8.29. The fourth-order valence-corrected chi connectivity index (χ4v) is 2.02. The zero-order chi connectivity index (χ0) is 12.1. The van der Waals surface area contributed by atoms with E-state index in [0.29, 0.717) is 13.0 Å². The standard InChI is InChI=1S/C11H14N4OS/c1-2-3-11(16)12-6-9-7-15(14-13-9)10-4-5-17-8-10/h4-5,7-8H,2-3,6H2,1H3,(H,12,16). The molecule has 0 aliphatic heterocycles. The molecule has 0 saturated carbocycles. The summed E-state index contributed by atoms with van der Waals surface area (Å²) in [4.78, 5) is 11.3. The molecule has 0 fully saturated rings. The van der Waals surface area contributed by atoms with Crippen molar-refractivity contribution in [3.8, 4) is 5.69 Å². The van der Waals surface area contributed by atoms with Crippen molar-refractivity contribution >= 4 is 17.2 Å². The van der Waals surface area contributed by atoms with Crippen LogP contribution in [0.2, 0.25) is 0 Å².